The van der Waals surface area contributed by atoms with Gasteiger partial charge in [0.05, 0.1) is 4.92 Å². The molecule has 5 nitrogen and oxygen atoms in total. The Balaban J connectivity index is 0.00000280. The minimum Gasteiger partial charge on any atom is -0.310 e. The van der Waals surface area contributed by atoms with Crippen molar-refractivity contribution < 1.29 is 4.92 Å². The van der Waals surface area contributed by atoms with Crippen molar-refractivity contribution in [2.75, 3.05) is 0 Å². The third-order valence-corrected chi connectivity index (χ3v) is 4.86. The van der Waals surface area contributed by atoms with E-state index < -0.39 is 0 Å². The van der Waals surface area contributed by atoms with Crippen molar-refractivity contribution in [3.63, 3.8) is 0 Å². The van der Waals surface area contributed by atoms with Gasteiger partial charge in [-0.2, -0.15) is 0 Å². The van der Waals surface area contributed by atoms with Crippen molar-refractivity contribution >= 4 is 28.9 Å². The summed E-state index contributed by atoms with van der Waals surface area (Å²) in [6, 6.07) is 15.9. The van der Waals surface area contributed by atoms with Crippen LogP contribution in [0.4, 0.5) is 5.69 Å². The second-order valence-corrected chi connectivity index (χ2v) is 7.01. The highest BCUT2D eigenvalue weighted by Crippen LogP contribution is 2.16. The molecule has 0 spiro atoms. The zero-order chi connectivity index (χ0) is 19.1. The van der Waals surface area contributed by atoms with Crippen molar-refractivity contribution in [3.05, 3.63) is 82.2 Å². The smallest absolute Gasteiger partial charge is 0.269 e. The molecule has 3 aromatic rings. The minimum atomic E-state index is -0.358. The van der Waals surface area contributed by atoms with Crippen LogP contribution in [0.2, 0.25) is 0 Å². The van der Waals surface area contributed by atoms with Crippen LogP contribution in [0.15, 0.2) is 60.9 Å². The van der Waals surface area contributed by atoms with Gasteiger partial charge < -0.3 is 5.32 Å². The zero-order valence-electron chi connectivity index (χ0n) is 16.0. The molecule has 1 heterocycles. The summed E-state index contributed by atoms with van der Waals surface area (Å²) in [5.41, 5.74) is 2.60. The molecule has 0 fully saturated rings. The normalized spacial score (nSPS) is 11.8. The number of non-ortho nitro benzene ring substituents is 1. The molecule has 0 saturated carbocycles. The summed E-state index contributed by atoms with van der Waals surface area (Å²) in [6.07, 6.45) is 8.02. The molecule has 0 aliphatic heterocycles. The quantitative estimate of drug-likeness (QED) is 0.295. The number of hydrogen-bond acceptors (Lipinski definition) is 4. The monoisotopic (exact) mass is 399 g/mol. The first-order valence-corrected chi connectivity index (χ1v) is 9.41. The molecule has 1 atom stereocenters. The fourth-order valence-electron chi connectivity index (χ4n) is 3.20. The number of fused-ring (bicyclic) bond motifs is 1. The molecule has 0 aliphatic carbocycles. The molecule has 2 aromatic carbocycles. The average molecular weight is 400 g/mol. The van der Waals surface area contributed by atoms with Gasteiger partial charge >= 0.3 is 0 Å². The number of nitro groups is 1. The Morgan fingerprint density at radius 1 is 1.04 bits per heavy atom. The van der Waals surface area contributed by atoms with Gasteiger partial charge in [-0.25, -0.2) is 0 Å². The highest BCUT2D eigenvalue weighted by atomic mass is 35.5. The molecule has 6 heteroatoms. The molecule has 0 radical (unpaired) electrons. The van der Waals surface area contributed by atoms with Crippen LogP contribution in [0.25, 0.3) is 10.8 Å². The summed E-state index contributed by atoms with van der Waals surface area (Å²) < 4.78 is 0. The molecular formula is C22H26ClN3O2. The number of nitro benzene ring substituents is 1. The van der Waals surface area contributed by atoms with Gasteiger partial charge in [-0.1, -0.05) is 30.7 Å². The van der Waals surface area contributed by atoms with Gasteiger partial charge in [0.2, 0.25) is 0 Å². The molecule has 1 N–H and O–H groups in total. The second-order valence-electron chi connectivity index (χ2n) is 7.01. The Morgan fingerprint density at radius 2 is 1.79 bits per heavy atom. The number of nitrogens with zero attached hydrogens (tertiary/aromatic N) is 2. The number of hydrogen-bond donors (Lipinski definition) is 1. The Morgan fingerprint density at radius 3 is 2.54 bits per heavy atom. The summed E-state index contributed by atoms with van der Waals surface area (Å²) >= 11 is 0. The standard InChI is InChI=1S/C22H25N3O2.ClH/c1-17(4-2-3-5-18-7-10-22(11-8-18)25(26)27)24-15-19-6-9-21-16-23-13-12-20(21)14-19;/h6-14,16-17,24H,2-5,15H2,1H3;1H/t17-;/m1./s1. The topological polar surface area (TPSA) is 68.1 Å². The van der Waals surface area contributed by atoms with E-state index in [1.807, 2.05) is 30.6 Å². The summed E-state index contributed by atoms with van der Waals surface area (Å²) in [5.74, 6) is 0. The Bertz CT molecular complexity index is 900. The van der Waals surface area contributed by atoms with Crippen molar-refractivity contribution in [1.82, 2.24) is 10.3 Å². The number of unbranched alkanes of at least 4 members (excludes halogenated alkanes) is 1. The summed E-state index contributed by atoms with van der Waals surface area (Å²) in [5, 5.41) is 16.7. The maximum Gasteiger partial charge on any atom is 0.269 e. The van der Waals surface area contributed by atoms with Crippen LogP contribution in [0.5, 0.6) is 0 Å². The summed E-state index contributed by atoms with van der Waals surface area (Å²) in [7, 11) is 0. The number of aryl methyl sites for hydroxylation is 1. The predicted octanol–water partition coefficient (Wildman–Crippen LogP) is 5.46. The SMILES string of the molecule is C[C@H](CCCCc1ccc([N+](=O)[O-])cc1)NCc1ccc2cnccc2c1.Cl. The number of benzene rings is 2. The highest BCUT2D eigenvalue weighted by Gasteiger charge is 2.05. The molecule has 28 heavy (non-hydrogen) atoms. The second kappa shape index (κ2) is 10.7. The molecule has 148 valence electrons. The summed E-state index contributed by atoms with van der Waals surface area (Å²) in [4.78, 5) is 14.5. The number of aromatic nitrogens is 1. The number of halogens is 1. The largest absolute Gasteiger partial charge is 0.310 e. The van der Waals surface area contributed by atoms with E-state index in [1.165, 1.54) is 16.3 Å². The van der Waals surface area contributed by atoms with Crippen LogP contribution >= 0.6 is 12.4 Å². The van der Waals surface area contributed by atoms with Crippen molar-refractivity contribution in [2.24, 2.45) is 0 Å². The first-order chi connectivity index (χ1) is 13.1. The maximum absolute atomic E-state index is 10.7. The van der Waals surface area contributed by atoms with Crippen molar-refractivity contribution in [1.29, 1.82) is 0 Å². The van der Waals surface area contributed by atoms with Crippen molar-refractivity contribution in [3.8, 4) is 0 Å². The molecule has 0 unspecified atom stereocenters. The average Bonchev–Trinajstić information content (AvgIpc) is 2.70. The van der Waals surface area contributed by atoms with Crippen LogP contribution in [-0.2, 0) is 13.0 Å². The number of pyridine rings is 1. The Hall–Kier alpha value is -2.50. The number of rotatable bonds is 9. The van der Waals surface area contributed by atoms with Gasteiger partial charge in [-0.05, 0) is 54.8 Å². The van der Waals surface area contributed by atoms with Gasteiger partial charge in [0.1, 0.15) is 0 Å². The molecule has 0 saturated heterocycles. The molecule has 0 aliphatic rings. The molecule has 0 amide bonds. The highest BCUT2D eigenvalue weighted by molar-refractivity contribution is 5.85. The Labute approximate surface area is 171 Å². The third kappa shape index (κ3) is 6.29. The number of nitrogens with one attached hydrogen (secondary N) is 1. The molecule has 0 bridgehead atoms. The van der Waals surface area contributed by atoms with Crippen LogP contribution in [0, 0.1) is 10.1 Å². The summed E-state index contributed by atoms with van der Waals surface area (Å²) in [6.45, 7) is 3.08. The third-order valence-electron chi connectivity index (χ3n) is 4.86. The van der Waals surface area contributed by atoms with E-state index in [-0.39, 0.29) is 23.0 Å². The van der Waals surface area contributed by atoms with Crippen LogP contribution < -0.4 is 5.32 Å². The first kappa shape index (κ1) is 21.8. The lowest BCUT2D eigenvalue weighted by Gasteiger charge is -2.14. The fraction of sp³-hybridized carbons (Fsp3) is 0.318. The van der Waals surface area contributed by atoms with Crippen molar-refractivity contribution in [2.45, 2.75) is 45.2 Å². The predicted molar refractivity (Wildman–Crippen MR) is 116 cm³/mol. The molecule has 1 aromatic heterocycles. The van der Waals surface area contributed by atoms with E-state index in [0.717, 1.165) is 37.8 Å². The van der Waals surface area contributed by atoms with Crippen LogP contribution in [-0.4, -0.2) is 15.9 Å². The van der Waals surface area contributed by atoms with Gasteiger partial charge in [-0.3, -0.25) is 15.1 Å². The lowest BCUT2D eigenvalue weighted by atomic mass is 10.0. The first-order valence-electron chi connectivity index (χ1n) is 9.41. The van der Waals surface area contributed by atoms with E-state index in [9.17, 15) is 10.1 Å². The van der Waals surface area contributed by atoms with E-state index >= 15 is 0 Å². The molecular weight excluding hydrogens is 374 g/mol. The minimum absolute atomic E-state index is 0. The van der Waals surface area contributed by atoms with E-state index in [2.05, 4.69) is 35.4 Å². The Kier molecular flexibility index (Phi) is 8.36. The van der Waals surface area contributed by atoms with E-state index in [1.54, 1.807) is 12.1 Å². The van der Waals surface area contributed by atoms with Crippen LogP contribution in [0.3, 0.4) is 0 Å². The zero-order valence-corrected chi connectivity index (χ0v) is 16.8. The molecule has 3 rings (SSSR count). The lowest BCUT2D eigenvalue weighted by Crippen LogP contribution is -2.25. The van der Waals surface area contributed by atoms with Gasteiger partial charge in [0.15, 0.2) is 0 Å². The lowest BCUT2D eigenvalue weighted by molar-refractivity contribution is -0.384. The fourth-order valence-corrected chi connectivity index (χ4v) is 3.20. The van der Waals surface area contributed by atoms with Gasteiger partial charge in [0.25, 0.3) is 5.69 Å². The van der Waals surface area contributed by atoms with E-state index in [4.69, 9.17) is 0 Å². The van der Waals surface area contributed by atoms with Gasteiger partial charge in [0, 0.05) is 42.5 Å². The van der Waals surface area contributed by atoms with E-state index in [0.29, 0.717) is 6.04 Å². The maximum atomic E-state index is 10.7. The van der Waals surface area contributed by atoms with Gasteiger partial charge in [-0.15, -0.1) is 12.4 Å². The van der Waals surface area contributed by atoms with Crippen LogP contribution in [0.1, 0.15) is 37.3 Å².